The summed E-state index contributed by atoms with van der Waals surface area (Å²) in [6.07, 6.45) is 1.80. The van der Waals surface area contributed by atoms with Crippen LogP contribution in [0.3, 0.4) is 0 Å². The third-order valence-corrected chi connectivity index (χ3v) is 2.41. The van der Waals surface area contributed by atoms with E-state index in [4.69, 9.17) is 0 Å². The fourth-order valence-electron chi connectivity index (χ4n) is 1.17. The Hall–Kier alpha value is -1.51. The zero-order valence-electron chi connectivity index (χ0n) is 9.78. The highest BCUT2D eigenvalue weighted by Crippen LogP contribution is 2.26. The third kappa shape index (κ3) is 2.98. The molecule has 1 aromatic rings. The topological polar surface area (TPSA) is 35.8 Å². The van der Waals surface area contributed by atoms with Gasteiger partial charge < -0.3 is 10.0 Å². The summed E-state index contributed by atoms with van der Waals surface area (Å²) in [6, 6.07) is 3.64. The van der Waals surface area contributed by atoms with Crippen molar-refractivity contribution >= 4 is 12.0 Å². The highest BCUT2D eigenvalue weighted by atomic mass is 16.3. The molecule has 0 saturated carbocycles. The molecule has 0 aliphatic carbocycles. The van der Waals surface area contributed by atoms with E-state index in [1.807, 2.05) is 31.9 Å². The third-order valence-electron chi connectivity index (χ3n) is 2.41. The summed E-state index contributed by atoms with van der Waals surface area (Å²) in [7, 11) is 1.98. The highest BCUT2D eigenvalue weighted by Gasteiger charge is 2.01. The van der Waals surface area contributed by atoms with Crippen molar-refractivity contribution in [2.75, 3.05) is 13.6 Å². The first kappa shape index (κ1) is 11.6. The Balaban J connectivity index is 2.95. The molecule has 1 aromatic carbocycles. The summed E-state index contributed by atoms with van der Waals surface area (Å²) in [6.45, 7) is 6.82. The maximum Gasteiger partial charge on any atom is 0.118 e. The molecule has 0 radical (unpaired) electrons. The van der Waals surface area contributed by atoms with Gasteiger partial charge in [0.25, 0.3) is 0 Å². The van der Waals surface area contributed by atoms with Crippen LogP contribution in [0.25, 0.3) is 0 Å². The molecular formula is C12H18N2O. The molecule has 3 heteroatoms. The SMILES string of the molecule is CCN(C)/C=N\c1cc(C)c(O)cc1C. The largest absolute Gasteiger partial charge is 0.508 e. The molecule has 82 valence electrons. The summed E-state index contributed by atoms with van der Waals surface area (Å²) in [5.74, 6) is 0.329. The maximum absolute atomic E-state index is 9.49. The predicted molar refractivity (Wildman–Crippen MR) is 64.0 cm³/mol. The number of hydrogen-bond acceptors (Lipinski definition) is 2. The molecule has 0 aliphatic heterocycles. The molecule has 0 aromatic heterocycles. The first-order valence-corrected chi connectivity index (χ1v) is 5.09. The van der Waals surface area contributed by atoms with Gasteiger partial charge in [-0.1, -0.05) is 0 Å². The fourth-order valence-corrected chi connectivity index (χ4v) is 1.17. The number of aliphatic imine (C=N–C) groups is 1. The minimum atomic E-state index is 0.329. The average molecular weight is 206 g/mol. The molecule has 0 atom stereocenters. The van der Waals surface area contributed by atoms with E-state index in [0.717, 1.165) is 23.4 Å². The van der Waals surface area contributed by atoms with Gasteiger partial charge in [-0.25, -0.2) is 4.99 Å². The van der Waals surface area contributed by atoms with Crippen LogP contribution < -0.4 is 0 Å². The summed E-state index contributed by atoms with van der Waals surface area (Å²) < 4.78 is 0. The molecule has 0 spiro atoms. The average Bonchev–Trinajstić information content (AvgIpc) is 2.21. The van der Waals surface area contributed by atoms with Gasteiger partial charge >= 0.3 is 0 Å². The second-order valence-electron chi connectivity index (χ2n) is 3.74. The van der Waals surface area contributed by atoms with Crippen LogP contribution in [0.4, 0.5) is 5.69 Å². The Morgan fingerprint density at radius 2 is 2.00 bits per heavy atom. The minimum Gasteiger partial charge on any atom is -0.508 e. The summed E-state index contributed by atoms with van der Waals surface area (Å²) in [5.41, 5.74) is 2.75. The van der Waals surface area contributed by atoms with E-state index in [1.54, 1.807) is 12.4 Å². The van der Waals surface area contributed by atoms with E-state index in [1.165, 1.54) is 0 Å². The molecule has 0 amide bonds. The van der Waals surface area contributed by atoms with E-state index < -0.39 is 0 Å². The van der Waals surface area contributed by atoms with Gasteiger partial charge in [-0.3, -0.25) is 0 Å². The predicted octanol–water partition coefficient (Wildman–Crippen LogP) is 2.62. The van der Waals surface area contributed by atoms with Crippen LogP contribution in [-0.2, 0) is 0 Å². The zero-order chi connectivity index (χ0) is 11.4. The number of nitrogens with zero attached hydrogens (tertiary/aromatic N) is 2. The van der Waals surface area contributed by atoms with Crippen LogP contribution in [0.15, 0.2) is 17.1 Å². The number of rotatable bonds is 3. The summed E-state index contributed by atoms with van der Waals surface area (Å²) in [4.78, 5) is 6.37. The molecule has 15 heavy (non-hydrogen) atoms. The second kappa shape index (κ2) is 4.82. The lowest BCUT2D eigenvalue weighted by atomic mass is 10.1. The van der Waals surface area contributed by atoms with Crippen molar-refractivity contribution in [3.05, 3.63) is 23.3 Å². The standard InChI is InChI=1S/C12H18N2O/c1-5-14(4)8-13-11-6-10(3)12(15)7-9(11)2/h6-8,15H,5H2,1-4H3/b13-8-. The Labute approximate surface area is 91.1 Å². The number of aryl methyl sites for hydroxylation is 2. The second-order valence-corrected chi connectivity index (χ2v) is 3.74. The molecule has 1 rings (SSSR count). The molecule has 3 nitrogen and oxygen atoms in total. The molecular weight excluding hydrogens is 188 g/mol. The van der Waals surface area contributed by atoms with Crippen LogP contribution >= 0.6 is 0 Å². The van der Waals surface area contributed by atoms with E-state index in [-0.39, 0.29) is 0 Å². The Bertz CT molecular complexity index is 372. The summed E-state index contributed by atoms with van der Waals surface area (Å²) in [5, 5.41) is 9.49. The van der Waals surface area contributed by atoms with Gasteiger partial charge in [-0.15, -0.1) is 0 Å². The highest BCUT2D eigenvalue weighted by molar-refractivity contribution is 5.64. The van der Waals surface area contributed by atoms with Crippen molar-refractivity contribution in [3.63, 3.8) is 0 Å². The van der Waals surface area contributed by atoms with Crippen LogP contribution in [0.5, 0.6) is 5.75 Å². The monoisotopic (exact) mass is 206 g/mol. The van der Waals surface area contributed by atoms with Crippen molar-refractivity contribution in [1.29, 1.82) is 0 Å². The zero-order valence-corrected chi connectivity index (χ0v) is 9.78. The number of aromatic hydroxyl groups is 1. The van der Waals surface area contributed by atoms with Gasteiger partial charge in [0.05, 0.1) is 12.0 Å². The number of benzene rings is 1. The van der Waals surface area contributed by atoms with Gasteiger partial charge in [0, 0.05) is 13.6 Å². The molecule has 1 N–H and O–H groups in total. The van der Waals surface area contributed by atoms with Crippen LogP contribution in [0.2, 0.25) is 0 Å². The number of hydrogen-bond donors (Lipinski definition) is 1. The van der Waals surface area contributed by atoms with Gasteiger partial charge in [0.1, 0.15) is 5.75 Å². The quantitative estimate of drug-likeness (QED) is 0.609. The minimum absolute atomic E-state index is 0.329. The van der Waals surface area contributed by atoms with Gasteiger partial charge in [0.2, 0.25) is 0 Å². The van der Waals surface area contributed by atoms with Crippen molar-refractivity contribution in [2.24, 2.45) is 4.99 Å². The Morgan fingerprint density at radius 1 is 1.33 bits per heavy atom. The number of phenols is 1. The van der Waals surface area contributed by atoms with E-state index in [2.05, 4.69) is 11.9 Å². The molecule has 0 heterocycles. The van der Waals surface area contributed by atoms with Crippen LogP contribution in [0.1, 0.15) is 18.1 Å². The van der Waals surface area contributed by atoms with Crippen molar-refractivity contribution in [3.8, 4) is 5.75 Å². The van der Waals surface area contributed by atoms with Crippen LogP contribution in [0, 0.1) is 13.8 Å². The first-order valence-electron chi connectivity index (χ1n) is 5.09. The molecule has 0 aliphatic rings. The first-order chi connectivity index (χ1) is 7.04. The smallest absolute Gasteiger partial charge is 0.118 e. The fraction of sp³-hybridized carbons (Fsp3) is 0.417. The lowest BCUT2D eigenvalue weighted by Gasteiger charge is -2.09. The van der Waals surface area contributed by atoms with Crippen molar-refractivity contribution < 1.29 is 5.11 Å². The van der Waals surface area contributed by atoms with Gasteiger partial charge in [-0.05, 0) is 44.0 Å². The van der Waals surface area contributed by atoms with E-state index in [9.17, 15) is 5.11 Å². The van der Waals surface area contributed by atoms with Crippen LogP contribution in [-0.4, -0.2) is 29.9 Å². The normalized spacial score (nSPS) is 10.9. The Kier molecular flexibility index (Phi) is 3.72. The maximum atomic E-state index is 9.49. The molecule has 0 fully saturated rings. The van der Waals surface area contributed by atoms with Gasteiger partial charge in [-0.2, -0.15) is 0 Å². The molecule has 0 bridgehead atoms. The molecule has 0 unspecified atom stereocenters. The lowest BCUT2D eigenvalue weighted by Crippen LogP contribution is -2.14. The summed E-state index contributed by atoms with van der Waals surface area (Å²) >= 11 is 0. The van der Waals surface area contributed by atoms with Crippen molar-refractivity contribution in [1.82, 2.24) is 4.90 Å². The van der Waals surface area contributed by atoms with Crippen molar-refractivity contribution in [2.45, 2.75) is 20.8 Å². The number of phenolic OH excluding ortho intramolecular Hbond substituents is 1. The lowest BCUT2D eigenvalue weighted by molar-refractivity contribution is 0.470. The molecule has 0 saturated heterocycles. The van der Waals surface area contributed by atoms with Gasteiger partial charge in [0.15, 0.2) is 0 Å². The van der Waals surface area contributed by atoms with E-state index >= 15 is 0 Å². The Morgan fingerprint density at radius 3 is 2.60 bits per heavy atom. The van der Waals surface area contributed by atoms with E-state index in [0.29, 0.717) is 5.75 Å².